The number of hydrogen-bond donors (Lipinski definition) is 2. The summed E-state index contributed by atoms with van der Waals surface area (Å²) in [6, 6.07) is 5.67. The van der Waals surface area contributed by atoms with Crippen LogP contribution >= 0.6 is 12.4 Å². The number of nitrogens with one attached hydrogen (secondary N) is 2. The van der Waals surface area contributed by atoms with Crippen molar-refractivity contribution < 1.29 is 4.79 Å². The Kier molecular flexibility index (Phi) is 4.70. The number of nitrogens with zero attached hydrogens (tertiary/aromatic N) is 3. The van der Waals surface area contributed by atoms with Crippen LogP contribution in [0.4, 0.5) is 0 Å². The molecular weight excluding hydrogens is 278 g/mol. The molecule has 3 rings (SSSR count). The Morgan fingerprint density at radius 3 is 2.95 bits per heavy atom. The lowest BCUT2D eigenvalue weighted by molar-refractivity contribution is -0.126. The van der Waals surface area contributed by atoms with E-state index >= 15 is 0 Å². The first-order valence-electron chi connectivity index (χ1n) is 6.26. The van der Waals surface area contributed by atoms with Gasteiger partial charge in [-0.25, -0.2) is 9.67 Å². The molecule has 0 radical (unpaired) electrons. The van der Waals surface area contributed by atoms with Gasteiger partial charge in [-0.1, -0.05) is 0 Å². The lowest BCUT2D eigenvalue weighted by Gasteiger charge is -2.25. The van der Waals surface area contributed by atoms with Crippen LogP contribution in [0.15, 0.2) is 36.8 Å². The monoisotopic (exact) mass is 293 g/mol. The molecule has 1 amide bonds. The summed E-state index contributed by atoms with van der Waals surface area (Å²) < 4.78 is 1.70. The quantitative estimate of drug-likeness (QED) is 0.862. The molecule has 1 fully saturated rings. The number of pyridine rings is 1. The van der Waals surface area contributed by atoms with Crippen molar-refractivity contribution in [2.24, 2.45) is 5.92 Å². The molecule has 0 bridgehead atoms. The van der Waals surface area contributed by atoms with Crippen molar-refractivity contribution in [2.75, 3.05) is 13.1 Å². The first kappa shape index (κ1) is 14.5. The zero-order valence-corrected chi connectivity index (χ0v) is 11.6. The Balaban J connectivity index is 0.00000147. The third-order valence-corrected chi connectivity index (χ3v) is 3.17. The smallest absolute Gasteiger partial charge is 0.225 e. The molecule has 1 aliphatic rings. The predicted octanol–water partition coefficient (Wildman–Crippen LogP) is 0.525. The van der Waals surface area contributed by atoms with Gasteiger partial charge >= 0.3 is 0 Å². The summed E-state index contributed by atoms with van der Waals surface area (Å²) in [5.74, 6) is 0.977. The predicted molar refractivity (Wildman–Crippen MR) is 76.8 cm³/mol. The first-order chi connectivity index (χ1) is 9.33. The van der Waals surface area contributed by atoms with Crippen molar-refractivity contribution in [1.29, 1.82) is 0 Å². The van der Waals surface area contributed by atoms with Gasteiger partial charge in [-0.2, -0.15) is 5.10 Å². The second-order valence-corrected chi connectivity index (χ2v) is 4.55. The molecule has 1 saturated heterocycles. The van der Waals surface area contributed by atoms with Crippen molar-refractivity contribution >= 4 is 18.3 Å². The van der Waals surface area contributed by atoms with Crippen molar-refractivity contribution in [3.63, 3.8) is 0 Å². The van der Waals surface area contributed by atoms with E-state index in [0.717, 1.165) is 24.5 Å². The molecule has 0 atom stereocenters. The minimum absolute atomic E-state index is 0. The summed E-state index contributed by atoms with van der Waals surface area (Å²) in [5.41, 5.74) is 1.01. The van der Waals surface area contributed by atoms with Gasteiger partial charge in [0.15, 0.2) is 5.82 Å². The minimum Gasteiger partial charge on any atom is -0.352 e. The van der Waals surface area contributed by atoms with E-state index in [2.05, 4.69) is 20.7 Å². The molecule has 0 aliphatic carbocycles. The number of halogens is 1. The van der Waals surface area contributed by atoms with Crippen molar-refractivity contribution in [3.8, 4) is 5.82 Å². The van der Waals surface area contributed by atoms with E-state index in [1.54, 1.807) is 17.1 Å². The second-order valence-electron chi connectivity index (χ2n) is 4.55. The zero-order chi connectivity index (χ0) is 13.1. The van der Waals surface area contributed by atoms with Crippen LogP contribution in [0.25, 0.3) is 5.82 Å². The van der Waals surface area contributed by atoms with Gasteiger partial charge in [-0.15, -0.1) is 12.4 Å². The Bertz CT molecular complexity index is 568. The lowest BCUT2D eigenvalue weighted by atomic mass is 10.0. The average Bonchev–Trinajstić information content (AvgIpc) is 2.88. The molecule has 0 spiro atoms. The molecule has 0 aromatic carbocycles. The van der Waals surface area contributed by atoms with E-state index in [1.807, 2.05) is 24.4 Å². The van der Waals surface area contributed by atoms with Gasteiger partial charge in [0.2, 0.25) is 5.91 Å². The maximum atomic E-state index is 11.7. The van der Waals surface area contributed by atoms with Crippen LogP contribution in [-0.2, 0) is 11.3 Å². The molecule has 1 aliphatic heterocycles. The SMILES string of the molecule is Cl.O=C(NCc1ccnc(-n2cccn2)c1)C1CNC1. The van der Waals surface area contributed by atoms with Crippen molar-refractivity contribution in [2.45, 2.75) is 6.54 Å². The molecule has 2 aromatic rings. The van der Waals surface area contributed by atoms with E-state index in [9.17, 15) is 4.79 Å². The molecule has 0 unspecified atom stereocenters. The van der Waals surface area contributed by atoms with Crippen molar-refractivity contribution in [3.05, 3.63) is 42.4 Å². The number of aromatic nitrogens is 3. The molecule has 3 heterocycles. The van der Waals surface area contributed by atoms with Crippen LogP contribution in [0.1, 0.15) is 5.56 Å². The van der Waals surface area contributed by atoms with Crippen LogP contribution in [-0.4, -0.2) is 33.8 Å². The fraction of sp³-hybridized carbons (Fsp3) is 0.308. The Hall–Kier alpha value is -1.92. The molecule has 0 saturated carbocycles. The fourth-order valence-corrected chi connectivity index (χ4v) is 1.91. The molecule has 2 N–H and O–H groups in total. The van der Waals surface area contributed by atoms with Crippen molar-refractivity contribution in [1.82, 2.24) is 25.4 Å². The molecule has 6 nitrogen and oxygen atoms in total. The van der Waals surface area contributed by atoms with Gasteiger partial charge in [0.25, 0.3) is 0 Å². The van der Waals surface area contributed by atoms with Crippen LogP contribution < -0.4 is 10.6 Å². The maximum absolute atomic E-state index is 11.7. The van der Waals surface area contributed by atoms with Crippen LogP contribution in [0.5, 0.6) is 0 Å². The zero-order valence-electron chi connectivity index (χ0n) is 10.8. The average molecular weight is 294 g/mol. The highest BCUT2D eigenvalue weighted by atomic mass is 35.5. The Morgan fingerprint density at radius 2 is 2.30 bits per heavy atom. The standard InChI is InChI=1S/C13H15N5O.ClH/c19-13(11-8-14-9-11)16-7-10-2-4-15-12(6-10)18-5-1-3-17-18;/h1-6,11,14H,7-9H2,(H,16,19);1H. The third kappa shape index (κ3) is 3.15. The Labute approximate surface area is 123 Å². The fourth-order valence-electron chi connectivity index (χ4n) is 1.91. The summed E-state index contributed by atoms with van der Waals surface area (Å²) in [7, 11) is 0. The van der Waals surface area contributed by atoms with Gasteiger partial charge in [0, 0.05) is 38.2 Å². The molecule has 106 valence electrons. The summed E-state index contributed by atoms with van der Waals surface area (Å²) in [4.78, 5) is 16.0. The summed E-state index contributed by atoms with van der Waals surface area (Å²) in [6.07, 6.45) is 5.27. The van der Waals surface area contributed by atoms with Gasteiger partial charge in [0.1, 0.15) is 0 Å². The molecular formula is C13H16ClN5O. The highest BCUT2D eigenvalue weighted by molar-refractivity contribution is 5.85. The number of rotatable bonds is 4. The van der Waals surface area contributed by atoms with Gasteiger partial charge in [-0.3, -0.25) is 4.79 Å². The van der Waals surface area contributed by atoms with Gasteiger partial charge < -0.3 is 10.6 Å². The van der Waals surface area contributed by atoms with E-state index in [-0.39, 0.29) is 24.2 Å². The molecule has 20 heavy (non-hydrogen) atoms. The van der Waals surface area contributed by atoms with Gasteiger partial charge in [-0.05, 0) is 23.8 Å². The summed E-state index contributed by atoms with van der Waals surface area (Å²) in [5, 5.41) is 10.2. The van der Waals surface area contributed by atoms with E-state index in [4.69, 9.17) is 0 Å². The number of carbonyl (C=O) groups is 1. The topological polar surface area (TPSA) is 71.8 Å². The number of carbonyl (C=O) groups excluding carboxylic acids is 1. The minimum atomic E-state index is 0. The largest absolute Gasteiger partial charge is 0.352 e. The third-order valence-electron chi connectivity index (χ3n) is 3.17. The normalized spacial score (nSPS) is 14.2. The highest BCUT2D eigenvalue weighted by Crippen LogP contribution is 2.07. The highest BCUT2D eigenvalue weighted by Gasteiger charge is 2.24. The Morgan fingerprint density at radius 1 is 1.45 bits per heavy atom. The number of amides is 1. The molecule has 7 heteroatoms. The van der Waals surface area contributed by atoms with E-state index in [1.165, 1.54) is 0 Å². The lowest BCUT2D eigenvalue weighted by Crippen LogP contribution is -2.50. The second kappa shape index (κ2) is 6.49. The summed E-state index contributed by atoms with van der Waals surface area (Å²) >= 11 is 0. The number of hydrogen-bond acceptors (Lipinski definition) is 4. The summed E-state index contributed by atoms with van der Waals surface area (Å²) in [6.45, 7) is 2.08. The first-order valence-corrected chi connectivity index (χ1v) is 6.26. The van der Waals surface area contributed by atoms with Gasteiger partial charge in [0.05, 0.1) is 5.92 Å². The van der Waals surface area contributed by atoms with Crippen LogP contribution in [0.2, 0.25) is 0 Å². The molecule has 2 aromatic heterocycles. The van der Waals surface area contributed by atoms with E-state index < -0.39 is 0 Å². The van der Waals surface area contributed by atoms with Crippen LogP contribution in [0, 0.1) is 5.92 Å². The maximum Gasteiger partial charge on any atom is 0.225 e. The van der Waals surface area contributed by atoms with Crippen LogP contribution in [0.3, 0.4) is 0 Å². The van der Waals surface area contributed by atoms with E-state index in [0.29, 0.717) is 6.54 Å².